The quantitative estimate of drug-likeness (QED) is 0.267. The summed E-state index contributed by atoms with van der Waals surface area (Å²) in [5, 5.41) is 1.56. The van der Waals surface area contributed by atoms with Crippen molar-refractivity contribution in [1.82, 2.24) is 0 Å². The Hall–Kier alpha value is -2.98. The van der Waals surface area contributed by atoms with Gasteiger partial charge in [0.1, 0.15) is 6.61 Å². The molecule has 0 saturated carbocycles. The molecule has 0 aliphatic heterocycles. The van der Waals surface area contributed by atoms with Gasteiger partial charge < -0.3 is 4.74 Å². The Morgan fingerprint density at radius 2 is 1.41 bits per heavy atom. The topological polar surface area (TPSA) is 43.4 Å². The third kappa shape index (κ3) is 3.24. The third-order valence-electron chi connectivity index (χ3n) is 4.55. The van der Waals surface area contributed by atoms with Gasteiger partial charge in [-0.3, -0.25) is 9.59 Å². The Morgan fingerprint density at radius 1 is 0.852 bits per heavy atom. The second-order valence-electron chi connectivity index (χ2n) is 6.29. The molecule has 0 bridgehead atoms. The molecule has 3 nitrogen and oxygen atoms in total. The van der Waals surface area contributed by atoms with Crippen LogP contribution in [0.1, 0.15) is 18.9 Å². The van der Waals surface area contributed by atoms with Gasteiger partial charge in [0.05, 0.1) is 10.8 Å². The van der Waals surface area contributed by atoms with Gasteiger partial charge in [-0.1, -0.05) is 43.3 Å². The van der Waals surface area contributed by atoms with E-state index in [9.17, 15) is 9.59 Å². The lowest BCUT2D eigenvalue weighted by Gasteiger charge is -2.05. The maximum atomic E-state index is 12.9. The molecular weight excluding hydrogens is 356 g/mol. The predicted octanol–water partition coefficient (Wildman–Crippen LogP) is 5.54. The van der Waals surface area contributed by atoms with E-state index in [-0.39, 0.29) is 28.5 Å². The molecule has 0 radical (unpaired) electrons. The maximum Gasteiger partial charge on any atom is 0.305 e. The summed E-state index contributed by atoms with van der Waals surface area (Å²) in [6, 6.07) is 23.8. The van der Waals surface area contributed by atoms with Crippen LogP contribution in [0.15, 0.2) is 77.6 Å². The van der Waals surface area contributed by atoms with Crippen LogP contribution in [0, 0.1) is 0 Å². The van der Waals surface area contributed by atoms with E-state index in [0.717, 1.165) is 30.6 Å². The van der Waals surface area contributed by atoms with Crippen molar-refractivity contribution in [3.05, 3.63) is 88.6 Å². The van der Waals surface area contributed by atoms with Crippen LogP contribution >= 0.6 is 10.5 Å². The number of carbonyl (C=O) groups excluding carboxylic acids is 1. The molecule has 1 aromatic heterocycles. The lowest BCUT2D eigenvalue weighted by atomic mass is 10.2. The zero-order chi connectivity index (χ0) is 18.8. The average Bonchev–Trinajstić information content (AvgIpc) is 2.73. The van der Waals surface area contributed by atoms with E-state index in [0.29, 0.717) is 6.42 Å². The van der Waals surface area contributed by atoms with Gasteiger partial charge in [0.2, 0.25) is 5.43 Å². The number of benzene rings is 3. The average molecular weight is 375 g/mol. The van der Waals surface area contributed by atoms with E-state index in [1.165, 1.54) is 0 Å². The summed E-state index contributed by atoms with van der Waals surface area (Å²) in [4.78, 5) is 25.4. The smallest absolute Gasteiger partial charge is 0.305 e. The number of hydrogen-bond donors (Lipinski definition) is 0. The van der Waals surface area contributed by atoms with Gasteiger partial charge >= 0.3 is 5.97 Å². The van der Waals surface area contributed by atoms with Crippen molar-refractivity contribution < 1.29 is 9.53 Å². The molecule has 0 amide bonds. The zero-order valence-electron chi connectivity index (χ0n) is 15.0. The molecule has 134 valence electrons. The second kappa shape index (κ2) is 7.33. The minimum Gasteiger partial charge on any atom is -0.461 e. The Balaban J connectivity index is 1.86. The van der Waals surface area contributed by atoms with E-state index < -0.39 is 0 Å². The van der Waals surface area contributed by atoms with E-state index >= 15 is 0 Å². The highest BCUT2D eigenvalue weighted by Crippen LogP contribution is 2.42. The van der Waals surface area contributed by atoms with E-state index in [1.54, 1.807) is 6.92 Å². The van der Waals surface area contributed by atoms with Crippen molar-refractivity contribution in [2.75, 3.05) is 0 Å². The lowest BCUT2D eigenvalue weighted by Crippen LogP contribution is -2.02. The Bertz CT molecular complexity index is 1130. The Kier molecular flexibility index (Phi) is 4.73. The largest absolute Gasteiger partial charge is 0.461 e. The molecule has 0 aliphatic carbocycles. The van der Waals surface area contributed by atoms with Crippen LogP contribution < -0.4 is 5.43 Å². The van der Waals surface area contributed by atoms with Crippen LogP contribution in [0.3, 0.4) is 0 Å². The van der Waals surface area contributed by atoms with Gasteiger partial charge in [-0.25, -0.2) is 0 Å². The summed E-state index contributed by atoms with van der Waals surface area (Å²) >= 11 is 0. The van der Waals surface area contributed by atoms with E-state index in [4.69, 9.17) is 4.74 Å². The molecule has 4 heteroatoms. The van der Waals surface area contributed by atoms with Crippen LogP contribution in [-0.4, -0.2) is 5.97 Å². The number of esters is 1. The van der Waals surface area contributed by atoms with Crippen molar-refractivity contribution in [2.24, 2.45) is 0 Å². The first-order valence-corrected chi connectivity index (χ1v) is 10.1. The lowest BCUT2D eigenvalue weighted by molar-refractivity contribution is -0.144. The fraction of sp³-hybridized carbons (Fsp3) is 0.130. The zero-order valence-corrected chi connectivity index (χ0v) is 15.8. The molecule has 0 spiro atoms. The highest BCUT2D eigenvalue weighted by atomic mass is 32.2. The molecule has 0 atom stereocenters. The first kappa shape index (κ1) is 17.4. The molecule has 3 aromatic carbocycles. The summed E-state index contributed by atoms with van der Waals surface area (Å²) in [5.74, 6) is -0.199. The summed E-state index contributed by atoms with van der Waals surface area (Å²) < 4.78 is 7.33. The Labute approximate surface area is 159 Å². The van der Waals surface area contributed by atoms with Crippen molar-refractivity contribution >= 4 is 36.6 Å². The molecule has 4 rings (SSSR count). The predicted molar refractivity (Wildman–Crippen MR) is 112 cm³/mol. The number of hydrogen-bond acceptors (Lipinski definition) is 3. The molecule has 0 N–H and O–H groups in total. The molecule has 0 unspecified atom stereocenters. The summed E-state index contributed by atoms with van der Waals surface area (Å²) in [5.41, 5.74) is 1.05. The third-order valence-corrected chi connectivity index (χ3v) is 6.89. The fourth-order valence-corrected chi connectivity index (χ4v) is 5.51. The monoisotopic (exact) mass is 375 g/mol. The van der Waals surface area contributed by atoms with Crippen LogP contribution in [0.2, 0.25) is 0 Å². The molecule has 4 aromatic rings. The van der Waals surface area contributed by atoms with Crippen LogP contribution in [0.25, 0.3) is 25.1 Å². The van der Waals surface area contributed by atoms with Crippen LogP contribution in [-0.2, 0) is 16.1 Å². The minimum absolute atomic E-state index is 0.0908. The fourth-order valence-electron chi connectivity index (χ4n) is 3.17. The van der Waals surface area contributed by atoms with Crippen molar-refractivity contribution in [2.45, 2.75) is 20.0 Å². The molecule has 1 heterocycles. The van der Waals surface area contributed by atoms with Crippen molar-refractivity contribution in [3.63, 3.8) is 0 Å². The SMILES string of the molecule is CCC(=O)OCc1ccc(-[s+]2c3ccccc3c(=O)c3ccccc32)cc1. The van der Waals surface area contributed by atoms with Gasteiger partial charge in [-0.2, -0.15) is 0 Å². The van der Waals surface area contributed by atoms with Crippen LogP contribution in [0.4, 0.5) is 0 Å². The van der Waals surface area contributed by atoms with E-state index in [2.05, 4.69) is 12.1 Å². The van der Waals surface area contributed by atoms with Gasteiger partial charge in [0.15, 0.2) is 14.3 Å². The standard InChI is InChI=1S/C23H19O3S/c1-2-22(24)26-15-16-11-13-17(14-12-16)27-20-9-5-3-7-18(20)23(25)19-8-4-6-10-21(19)27/h3-14H,2,15H2,1H3/q+1. The highest BCUT2D eigenvalue weighted by Gasteiger charge is 2.22. The molecular formula is C23H19O3S+. The first-order valence-electron chi connectivity index (χ1n) is 8.90. The number of rotatable bonds is 4. The number of ether oxygens (including phenoxy) is 1. The van der Waals surface area contributed by atoms with Crippen molar-refractivity contribution in [1.29, 1.82) is 0 Å². The molecule has 0 aliphatic rings. The number of fused-ring (bicyclic) bond motifs is 2. The van der Waals surface area contributed by atoms with Gasteiger partial charge in [0, 0.05) is 16.9 Å². The van der Waals surface area contributed by atoms with Gasteiger partial charge in [0.25, 0.3) is 0 Å². The summed E-state index contributed by atoms with van der Waals surface area (Å²) in [6.45, 7) is 2.07. The number of carbonyl (C=O) groups is 1. The van der Waals surface area contributed by atoms with Crippen LogP contribution in [0.5, 0.6) is 0 Å². The highest BCUT2D eigenvalue weighted by molar-refractivity contribution is 7.49. The van der Waals surface area contributed by atoms with Gasteiger partial charge in [-0.15, -0.1) is 0 Å². The Morgan fingerprint density at radius 3 is 1.96 bits per heavy atom. The molecule has 0 saturated heterocycles. The summed E-state index contributed by atoms with van der Waals surface area (Å²) in [6.07, 6.45) is 0.378. The first-order chi connectivity index (χ1) is 13.2. The van der Waals surface area contributed by atoms with Crippen molar-refractivity contribution in [3.8, 4) is 4.90 Å². The van der Waals surface area contributed by atoms with E-state index in [1.807, 2.05) is 60.7 Å². The molecule has 27 heavy (non-hydrogen) atoms. The normalized spacial score (nSPS) is 11.0. The maximum absolute atomic E-state index is 12.9. The molecule has 0 fully saturated rings. The summed E-state index contributed by atoms with van der Waals surface area (Å²) in [7, 11) is -0.330. The second-order valence-corrected chi connectivity index (χ2v) is 8.25. The minimum atomic E-state index is -0.330. The van der Waals surface area contributed by atoms with Gasteiger partial charge in [-0.05, 0) is 42.0 Å².